The summed E-state index contributed by atoms with van der Waals surface area (Å²) in [6, 6.07) is 10.8. The van der Waals surface area contributed by atoms with E-state index in [1.807, 2.05) is 0 Å². The van der Waals surface area contributed by atoms with Crippen molar-refractivity contribution in [3.05, 3.63) is 112 Å². The molecule has 1 aliphatic heterocycles. The maximum Gasteiger partial charge on any atom is 0.416 e. The van der Waals surface area contributed by atoms with Gasteiger partial charge in [0.05, 0.1) is 12.2 Å². The zero-order valence-corrected chi connectivity index (χ0v) is 21.5. The summed E-state index contributed by atoms with van der Waals surface area (Å²) in [5.41, 5.74) is 0.159. The molecule has 0 fully saturated rings. The first kappa shape index (κ1) is 29.3. The Morgan fingerprint density at radius 2 is 1.33 bits per heavy atom. The Hall–Kier alpha value is -4.20. The molecule has 4 nitrogen and oxygen atoms in total. The molecule has 42 heavy (non-hydrogen) atoms. The summed E-state index contributed by atoms with van der Waals surface area (Å²) in [5, 5.41) is 0. The van der Waals surface area contributed by atoms with Crippen LogP contribution in [-0.2, 0) is 16.3 Å². The maximum atomic E-state index is 14.0. The number of benzene rings is 4. The number of fused-ring (bicyclic) bond motifs is 1. The van der Waals surface area contributed by atoms with E-state index in [2.05, 4.69) is 4.18 Å². The van der Waals surface area contributed by atoms with Crippen molar-refractivity contribution in [2.45, 2.75) is 23.4 Å². The predicted molar refractivity (Wildman–Crippen MR) is 129 cm³/mol. The Kier molecular flexibility index (Phi) is 7.37. The minimum absolute atomic E-state index is 0.0381. The average molecular weight is 618 g/mol. The van der Waals surface area contributed by atoms with Crippen LogP contribution in [0.3, 0.4) is 0 Å². The van der Waals surface area contributed by atoms with E-state index in [1.54, 1.807) is 0 Å². The molecule has 1 atom stereocenters. The van der Waals surface area contributed by atoms with Crippen molar-refractivity contribution in [1.29, 1.82) is 0 Å². The lowest BCUT2D eigenvalue weighted by Crippen LogP contribution is -2.18. The highest BCUT2D eigenvalue weighted by Gasteiger charge is 2.35. The van der Waals surface area contributed by atoms with E-state index < -0.39 is 73.3 Å². The summed E-state index contributed by atoms with van der Waals surface area (Å²) < 4.78 is 158. The molecule has 5 rings (SSSR count). The fourth-order valence-electron chi connectivity index (χ4n) is 4.58. The Labute approximate surface area is 232 Å². The van der Waals surface area contributed by atoms with Gasteiger partial charge in [-0.2, -0.15) is 30.4 Å². The van der Waals surface area contributed by atoms with E-state index in [1.165, 1.54) is 24.3 Å². The van der Waals surface area contributed by atoms with Gasteiger partial charge in [-0.3, -0.25) is 0 Å². The predicted octanol–water partition coefficient (Wildman–Crippen LogP) is 7.89. The lowest BCUT2D eigenvalue weighted by Gasteiger charge is -2.29. The van der Waals surface area contributed by atoms with Crippen LogP contribution < -0.4 is 8.92 Å². The molecule has 0 saturated heterocycles. The van der Waals surface area contributed by atoms with Gasteiger partial charge in [0.1, 0.15) is 16.5 Å². The van der Waals surface area contributed by atoms with Gasteiger partial charge in [-0.15, -0.1) is 0 Å². The van der Waals surface area contributed by atoms with Gasteiger partial charge < -0.3 is 8.92 Å². The molecular weight excluding hydrogens is 603 g/mol. The fraction of sp³-hybridized carbons (Fsp3) is 0.143. The Balaban J connectivity index is 1.56. The van der Waals surface area contributed by atoms with Crippen LogP contribution in [0.1, 0.15) is 29.0 Å². The third kappa shape index (κ3) is 5.26. The second-order valence-corrected chi connectivity index (χ2v) is 10.7. The molecule has 1 unspecified atom stereocenters. The van der Waals surface area contributed by atoms with E-state index in [9.17, 15) is 47.9 Å². The molecule has 4 aromatic rings. The molecule has 1 heterocycles. The zero-order chi connectivity index (χ0) is 30.6. The van der Waals surface area contributed by atoms with Gasteiger partial charge in [0.15, 0.2) is 0 Å². The number of hydrogen-bond donors (Lipinski definition) is 0. The van der Waals surface area contributed by atoms with Crippen LogP contribution in [-0.4, -0.2) is 15.0 Å². The monoisotopic (exact) mass is 618 g/mol. The van der Waals surface area contributed by atoms with Crippen LogP contribution in [0.15, 0.2) is 65.6 Å². The van der Waals surface area contributed by atoms with Crippen LogP contribution in [0.4, 0.5) is 39.5 Å². The normalized spacial score (nSPS) is 15.2. The largest absolute Gasteiger partial charge is 0.493 e. The number of hydrogen-bond acceptors (Lipinski definition) is 4. The number of alkyl halides is 3. The molecule has 0 aromatic heterocycles. The van der Waals surface area contributed by atoms with Gasteiger partial charge in [0.2, 0.25) is 34.8 Å². The summed E-state index contributed by atoms with van der Waals surface area (Å²) in [6.07, 6.45) is -4.45. The second kappa shape index (κ2) is 10.6. The molecule has 0 amide bonds. The van der Waals surface area contributed by atoms with Gasteiger partial charge in [0.25, 0.3) is 0 Å². The topological polar surface area (TPSA) is 52.6 Å². The molecule has 0 N–H and O–H groups in total. The minimum atomic E-state index is -5.17. The maximum absolute atomic E-state index is 14.0. The van der Waals surface area contributed by atoms with Crippen molar-refractivity contribution >= 4 is 10.1 Å². The van der Waals surface area contributed by atoms with Crippen molar-refractivity contribution in [3.63, 3.8) is 0 Å². The van der Waals surface area contributed by atoms with Gasteiger partial charge in [-0.25, -0.2) is 17.6 Å². The average Bonchev–Trinajstić information content (AvgIpc) is 2.96. The highest BCUT2D eigenvalue weighted by molar-refractivity contribution is 7.87. The molecule has 1 aliphatic rings. The second-order valence-electron chi connectivity index (χ2n) is 9.13. The molecule has 0 saturated carbocycles. The molecule has 4 aromatic carbocycles. The zero-order valence-electron chi connectivity index (χ0n) is 20.7. The Bertz CT molecular complexity index is 1780. The third-order valence-electron chi connectivity index (χ3n) is 6.59. The summed E-state index contributed by atoms with van der Waals surface area (Å²) in [7, 11) is -5.17. The number of ether oxygens (including phenoxy) is 1. The molecule has 14 heteroatoms. The Morgan fingerprint density at radius 1 is 0.738 bits per heavy atom. The number of halogens is 9. The van der Waals surface area contributed by atoms with Crippen LogP contribution in [0, 0.1) is 34.9 Å². The lowest BCUT2D eigenvalue weighted by atomic mass is 9.82. The molecular formula is C28H15F9O4S. The summed E-state index contributed by atoms with van der Waals surface area (Å²) in [4.78, 5) is -0.767. The van der Waals surface area contributed by atoms with E-state index in [-0.39, 0.29) is 29.9 Å². The molecule has 0 bridgehead atoms. The van der Waals surface area contributed by atoms with E-state index in [0.717, 1.165) is 36.4 Å². The van der Waals surface area contributed by atoms with E-state index in [4.69, 9.17) is 4.74 Å². The van der Waals surface area contributed by atoms with Crippen LogP contribution in [0.5, 0.6) is 11.5 Å². The van der Waals surface area contributed by atoms with Crippen LogP contribution in [0.2, 0.25) is 0 Å². The minimum Gasteiger partial charge on any atom is -0.493 e. The summed E-state index contributed by atoms with van der Waals surface area (Å²) >= 11 is 0. The highest BCUT2D eigenvalue weighted by atomic mass is 32.2. The molecule has 0 spiro atoms. The first-order valence-corrected chi connectivity index (χ1v) is 13.3. The Morgan fingerprint density at radius 3 is 1.95 bits per heavy atom. The van der Waals surface area contributed by atoms with Gasteiger partial charge in [0, 0.05) is 17.5 Å². The van der Waals surface area contributed by atoms with Crippen LogP contribution in [0.25, 0.3) is 11.1 Å². The van der Waals surface area contributed by atoms with Crippen molar-refractivity contribution in [3.8, 4) is 22.6 Å². The van der Waals surface area contributed by atoms with Crippen molar-refractivity contribution in [2.24, 2.45) is 0 Å². The van der Waals surface area contributed by atoms with Gasteiger partial charge in [-0.1, -0.05) is 24.3 Å². The fourth-order valence-corrected chi connectivity index (χ4v) is 5.53. The quantitative estimate of drug-likeness (QED) is 0.0989. The van der Waals surface area contributed by atoms with Gasteiger partial charge in [-0.05, 0) is 53.4 Å². The molecule has 0 radical (unpaired) electrons. The summed E-state index contributed by atoms with van der Waals surface area (Å²) in [6.45, 7) is -0.0381. The van der Waals surface area contributed by atoms with E-state index in [0.29, 0.717) is 11.1 Å². The van der Waals surface area contributed by atoms with Crippen molar-refractivity contribution < 1.29 is 56.9 Å². The van der Waals surface area contributed by atoms with Crippen molar-refractivity contribution in [1.82, 2.24) is 0 Å². The standard InChI is InChI=1S/C28H15F9O4S/c29-15-4-1-13(2-5-15)20-11-14(28(35,36)37)3-7-17(20)18-9-10-40-21-12-16(6-8-19(18)21)42(38,39)41-27-25(33)23(31)22(30)24(32)26(27)34/h1-8,11-12,18H,9-10H2. The van der Waals surface area contributed by atoms with Crippen molar-refractivity contribution in [2.75, 3.05) is 6.61 Å². The third-order valence-corrected chi connectivity index (χ3v) is 7.80. The first-order valence-electron chi connectivity index (χ1n) is 11.9. The SMILES string of the molecule is O=S(=O)(Oc1c(F)c(F)c(F)c(F)c1F)c1ccc2c(c1)OCCC2c1ccc(C(F)(F)F)cc1-c1ccc(F)cc1. The summed E-state index contributed by atoms with van der Waals surface area (Å²) in [5.74, 6) is -15.7. The molecule has 0 aliphatic carbocycles. The number of rotatable bonds is 5. The molecule has 220 valence electrons. The van der Waals surface area contributed by atoms with Gasteiger partial charge >= 0.3 is 16.3 Å². The lowest BCUT2D eigenvalue weighted by molar-refractivity contribution is -0.137. The van der Waals surface area contributed by atoms with Crippen LogP contribution >= 0.6 is 0 Å². The van der Waals surface area contributed by atoms with E-state index >= 15 is 0 Å². The highest BCUT2D eigenvalue weighted by Crippen LogP contribution is 2.44. The first-order chi connectivity index (χ1) is 19.7. The smallest absolute Gasteiger partial charge is 0.416 e.